The van der Waals surface area contributed by atoms with Gasteiger partial charge in [-0.25, -0.2) is 4.98 Å². The third kappa shape index (κ3) is 4.14. The number of carbonyl (C=O) groups excluding carboxylic acids is 1. The molecular formula is C21H24N4O3. The van der Waals surface area contributed by atoms with E-state index in [9.17, 15) is 9.90 Å². The number of imidazole rings is 1. The van der Waals surface area contributed by atoms with Crippen LogP contribution in [0.15, 0.2) is 53.3 Å². The number of nitrogens with one attached hydrogen (secondary N) is 1. The van der Waals surface area contributed by atoms with Crippen LogP contribution in [-0.2, 0) is 17.8 Å². The standard InChI is InChI=1S/C21H24N4O3/c1-14-9-17(24-28-14)12-20(27)23-18-10-15(11-19(18)26)13-25-8-7-22-21(25)16-5-3-2-4-6-16/h2-9,15,18-19,26H,10-13H2,1H3,(H,23,27)/t15?,18-,19-/m1/s1. The number of amides is 1. The highest BCUT2D eigenvalue weighted by molar-refractivity contribution is 5.78. The average molecular weight is 380 g/mol. The number of aromatic nitrogens is 3. The molecule has 3 aromatic rings. The molecule has 2 heterocycles. The van der Waals surface area contributed by atoms with Crippen molar-refractivity contribution in [3.8, 4) is 11.4 Å². The van der Waals surface area contributed by atoms with Crippen molar-refractivity contribution in [2.45, 2.75) is 44.9 Å². The summed E-state index contributed by atoms with van der Waals surface area (Å²) in [4.78, 5) is 16.7. The molecule has 1 unspecified atom stereocenters. The smallest absolute Gasteiger partial charge is 0.226 e. The number of nitrogens with zero attached hydrogens (tertiary/aromatic N) is 3. The topological polar surface area (TPSA) is 93.2 Å². The number of hydrogen-bond donors (Lipinski definition) is 2. The number of rotatable bonds is 6. The lowest BCUT2D eigenvalue weighted by Gasteiger charge is -2.16. The lowest BCUT2D eigenvalue weighted by molar-refractivity contribution is -0.121. The van der Waals surface area contributed by atoms with Gasteiger partial charge in [0.2, 0.25) is 5.91 Å². The Balaban J connectivity index is 1.36. The Kier molecular flexibility index (Phi) is 5.25. The second-order valence-electron chi connectivity index (χ2n) is 7.45. The first-order valence-electron chi connectivity index (χ1n) is 9.54. The summed E-state index contributed by atoms with van der Waals surface area (Å²) in [6.45, 7) is 2.55. The summed E-state index contributed by atoms with van der Waals surface area (Å²) in [5, 5.41) is 17.2. The Hall–Kier alpha value is -2.93. The van der Waals surface area contributed by atoms with Crippen molar-refractivity contribution in [1.29, 1.82) is 0 Å². The SMILES string of the molecule is Cc1cc(CC(=O)N[C@@H]2CC(Cn3ccnc3-c3ccccc3)C[C@H]2O)no1. The Morgan fingerprint density at radius 2 is 2.14 bits per heavy atom. The van der Waals surface area contributed by atoms with Crippen molar-refractivity contribution >= 4 is 5.91 Å². The molecule has 0 spiro atoms. The molecule has 7 heteroatoms. The maximum Gasteiger partial charge on any atom is 0.226 e. The number of hydrogen-bond acceptors (Lipinski definition) is 5. The van der Waals surface area contributed by atoms with Gasteiger partial charge in [0.25, 0.3) is 0 Å². The highest BCUT2D eigenvalue weighted by Crippen LogP contribution is 2.29. The van der Waals surface area contributed by atoms with Crippen molar-refractivity contribution in [3.05, 3.63) is 60.2 Å². The van der Waals surface area contributed by atoms with Gasteiger partial charge in [0, 0.05) is 30.6 Å². The first-order chi connectivity index (χ1) is 13.6. The lowest BCUT2D eigenvalue weighted by atomic mass is 10.1. The van der Waals surface area contributed by atoms with Gasteiger partial charge in [-0.05, 0) is 25.7 Å². The summed E-state index contributed by atoms with van der Waals surface area (Å²) in [5.41, 5.74) is 1.67. The van der Waals surface area contributed by atoms with Crippen LogP contribution in [0, 0.1) is 12.8 Å². The minimum atomic E-state index is -0.545. The van der Waals surface area contributed by atoms with Crippen LogP contribution in [0.3, 0.4) is 0 Å². The zero-order valence-corrected chi connectivity index (χ0v) is 15.8. The number of aryl methyl sites for hydroxylation is 1. The van der Waals surface area contributed by atoms with E-state index in [0.29, 0.717) is 17.9 Å². The zero-order chi connectivity index (χ0) is 19.5. The summed E-state index contributed by atoms with van der Waals surface area (Å²) >= 11 is 0. The fourth-order valence-corrected chi connectivity index (χ4v) is 3.93. The third-order valence-electron chi connectivity index (χ3n) is 5.19. The normalized spacial score (nSPS) is 21.7. The first kappa shape index (κ1) is 18.4. The molecule has 1 saturated carbocycles. The minimum Gasteiger partial charge on any atom is -0.391 e. The highest BCUT2D eigenvalue weighted by Gasteiger charge is 2.34. The van der Waals surface area contributed by atoms with E-state index in [2.05, 4.69) is 20.0 Å². The highest BCUT2D eigenvalue weighted by atomic mass is 16.5. The fourth-order valence-electron chi connectivity index (χ4n) is 3.93. The van der Waals surface area contributed by atoms with E-state index in [1.807, 2.05) is 36.5 Å². The van der Waals surface area contributed by atoms with E-state index in [1.165, 1.54) is 0 Å². The van der Waals surface area contributed by atoms with Crippen LogP contribution in [0.5, 0.6) is 0 Å². The Morgan fingerprint density at radius 1 is 1.32 bits per heavy atom. The van der Waals surface area contributed by atoms with Gasteiger partial charge < -0.3 is 19.5 Å². The first-order valence-corrected chi connectivity index (χ1v) is 9.54. The summed E-state index contributed by atoms with van der Waals surface area (Å²) in [6, 6.07) is 11.6. The van der Waals surface area contributed by atoms with Gasteiger partial charge in [0.05, 0.1) is 24.3 Å². The van der Waals surface area contributed by atoms with Crippen LogP contribution in [-0.4, -0.2) is 37.9 Å². The number of aliphatic hydroxyl groups is 1. The average Bonchev–Trinajstić information content (AvgIpc) is 3.38. The molecule has 1 amide bonds. The molecule has 2 N–H and O–H groups in total. The Labute approximate surface area is 163 Å². The van der Waals surface area contributed by atoms with Crippen molar-refractivity contribution < 1.29 is 14.4 Å². The summed E-state index contributed by atoms with van der Waals surface area (Å²) in [5.74, 6) is 1.72. The van der Waals surface area contributed by atoms with Gasteiger partial charge in [-0.2, -0.15) is 0 Å². The maximum absolute atomic E-state index is 12.3. The van der Waals surface area contributed by atoms with Crippen LogP contribution >= 0.6 is 0 Å². The van der Waals surface area contributed by atoms with E-state index in [0.717, 1.165) is 24.4 Å². The molecule has 1 fully saturated rings. The molecule has 1 aliphatic carbocycles. The third-order valence-corrected chi connectivity index (χ3v) is 5.19. The molecule has 0 bridgehead atoms. The van der Waals surface area contributed by atoms with Gasteiger partial charge in [-0.3, -0.25) is 4.79 Å². The molecule has 0 saturated heterocycles. The van der Waals surface area contributed by atoms with E-state index >= 15 is 0 Å². The van der Waals surface area contributed by atoms with E-state index in [1.54, 1.807) is 19.2 Å². The van der Waals surface area contributed by atoms with Crippen LogP contribution in [0.1, 0.15) is 24.3 Å². The van der Waals surface area contributed by atoms with Gasteiger partial charge in [0.15, 0.2) is 0 Å². The van der Waals surface area contributed by atoms with Gasteiger partial charge in [-0.15, -0.1) is 0 Å². The van der Waals surface area contributed by atoms with Crippen molar-refractivity contribution in [1.82, 2.24) is 20.0 Å². The Morgan fingerprint density at radius 3 is 2.89 bits per heavy atom. The fraction of sp³-hybridized carbons (Fsp3) is 0.381. The number of aliphatic hydroxyl groups excluding tert-OH is 1. The molecule has 146 valence electrons. The summed E-state index contributed by atoms with van der Waals surface area (Å²) in [6.07, 6.45) is 4.76. The summed E-state index contributed by atoms with van der Waals surface area (Å²) < 4.78 is 7.11. The zero-order valence-electron chi connectivity index (χ0n) is 15.8. The van der Waals surface area contributed by atoms with Gasteiger partial charge >= 0.3 is 0 Å². The molecular weight excluding hydrogens is 356 g/mol. The monoisotopic (exact) mass is 380 g/mol. The quantitative estimate of drug-likeness (QED) is 0.685. The van der Waals surface area contributed by atoms with Crippen LogP contribution in [0.2, 0.25) is 0 Å². The second-order valence-corrected chi connectivity index (χ2v) is 7.45. The van der Waals surface area contributed by atoms with Gasteiger partial charge in [-0.1, -0.05) is 35.5 Å². The second kappa shape index (κ2) is 7.98. The largest absolute Gasteiger partial charge is 0.391 e. The predicted molar refractivity (Wildman–Crippen MR) is 103 cm³/mol. The van der Waals surface area contributed by atoms with E-state index < -0.39 is 6.10 Å². The molecule has 7 nitrogen and oxygen atoms in total. The van der Waals surface area contributed by atoms with E-state index in [-0.39, 0.29) is 24.3 Å². The maximum atomic E-state index is 12.3. The minimum absolute atomic E-state index is 0.148. The lowest BCUT2D eigenvalue weighted by Crippen LogP contribution is -2.40. The van der Waals surface area contributed by atoms with Gasteiger partial charge in [0.1, 0.15) is 11.6 Å². The molecule has 28 heavy (non-hydrogen) atoms. The molecule has 0 radical (unpaired) electrons. The van der Waals surface area contributed by atoms with Crippen molar-refractivity contribution in [3.63, 3.8) is 0 Å². The molecule has 3 atom stereocenters. The Bertz CT molecular complexity index is 934. The van der Waals surface area contributed by atoms with Crippen molar-refractivity contribution in [2.75, 3.05) is 0 Å². The number of carbonyl (C=O) groups is 1. The molecule has 2 aromatic heterocycles. The molecule has 0 aliphatic heterocycles. The summed E-state index contributed by atoms with van der Waals surface area (Å²) in [7, 11) is 0. The van der Waals surface area contributed by atoms with Crippen molar-refractivity contribution in [2.24, 2.45) is 5.92 Å². The van der Waals surface area contributed by atoms with Crippen LogP contribution in [0.4, 0.5) is 0 Å². The van der Waals surface area contributed by atoms with E-state index in [4.69, 9.17) is 4.52 Å². The molecule has 1 aromatic carbocycles. The molecule has 1 aliphatic rings. The molecule has 4 rings (SSSR count). The van der Waals surface area contributed by atoms with Crippen LogP contribution < -0.4 is 5.32 Å². The van der Waals surface area contributed by atoms with Crippen LogP contribution in [0.25, 0.3) is 11.4 Å². The number of benzene rings is 1. The predicted octanol–water partition coefficient (Wildman–Crippen LogP) is 2.34.